The summed E-state index contributed by atoms with van der Waals surface area (Å²) in [7, 11) is 0. The summed E-state index contributed by atoms with van der Waals surface area (Å²) < 4.78 is 0. The number of nitrogens with zero attached hydrogens (tertiary/aromatic N) is 2. The number of rotatable bonds is 5. The lowest BCUT2D eigenvalue weighted by atomic mass is 10.1. The molecule has 1 aliphatic heterocycles. The van der Waals surface area contributed by atoms with Gasteiger partial charge in [-0.3, -0.25) is 29.4 Å². The molecular formula is C18H12N2O5S. The second kappa shape index (κ2) is 7.32. The van der Waals surface area contributed by atoms with Crippen LogP contribution in [0, 0.1) is 10.1 Å². The maximum absolute atomic E-state index is 12.5. The fourth-order valence-electron chi connectivity index (χ4n) is 2.41. The van der Waals surface area contributed by atoms with Crippen LogP contribution in [0.1, 0.15) is 15.9 Å². The van der Waals surface area contributed by atoms with Crippen LogP contribution in [0.2, 0.25) is 0 Å². The monoisotopic (exact) mass is 368 g/mol. The molecule has 0 bridgehead atoms. The number of benzene rings is 2. The van der Waals surface area contributed by atoms with Crippen molar-refractivity contribution < 1.29 is 19.3 Å². The Balaban J connectivity index is 1.83. The number of hydrogen-bond acceptors (Lipinski definition) is 6. The largest absolute Gasteiger partial charge is 0.293 e. The second-order valence-corrected chi connectivity index (χ2v) is 6.37. The van der Waals surface area contributed by atoms with E-state index in [0.29, 0.717) is 17.3 Å². The fourth-order valence-corrected chi connectivity index (χ4v) is 3.24. The molecule has 1 fully saturated rings. The number of thioether (sulfide) groups is 1. The predicted octanol–water partition coefficient (Wildman–Crippen LogP) is 3.51. The Morgan fingerprint density at radius 3 is 2.42 bits per heavy atom. The lowest BCUT2D eigenvalue weighted by Crippen LogP contribution is -2.33. The number of carbonyl (C=O) groups excluding carboxylic acids is 3. The predicted molar refractivity (Wildman–Crippen MR) is 96.5 cm³/mol. The van der Waals surface area contributed by atoms with Gasteiger partial charge in [0.15, 0.2) is 5.78 Å². The van der Waals surface area contributed by atoms with Crippen LogP contribution in [0.4, 0.5) is 10.5 Å². The van der Waals surface area contributed by atoms with Crippen LogP contribution in [-0.2, 0) is 4.79 Å². The third-order valence-corrected chi connectivity index (χ3v) is 4.60. The third kappa shape index (κ3) is 3.55. The highest BCUT2D eigenvalue weighted by Gasteiger charge is 2.36. The van der Waals surface area contributed by atoms with Crippen molar-refractivity contribution in [3.05, 3.63) is 80.7 Å². The van der Waals surface area contributed by atoms with E-state index in [4.69, 9.17) is 0 Å². The van der Waals surface area contributed by atoms with Gasteiger partial charge < -0.3 is 0 Å². The standard InChI is InChI=1S/C18H12N2O5S/c21-15(12-6-2-1-3-7-12)11-19-17(22)16(26-18(19)23)10-13-8-4-5-9-14(13)20(24)25/h1-10H,11H2/b16-10-. The van der Waals surface area contributed by atoms with E-state index in [-0.39, 0.29) is 28.5 Å². The van der Waals surface area contributed by atoms with Gasteiger partial charge in [-0.25, -0.2) is 0 Å². The summed E-state index contributed by atoms with van der Waals surface area (Å²) in [4.78, 5) is 48.2. The van der Waals surface area contributed by atoms with Crippen LogP contribution in [0.5, 0.6) is 0 Å². The minimum atomic E-state index is -0.637. The molecule has 0 aromatic heterocycles. The van der Waals surface area contributed by atoms with E-state index >= 15 is 0 Å². The average molecular weight is 368 g/mol. The molecule has 1 saturated heterocycles. The Labute approximate surface area is 152 Å². The molecule has 3 rings (SSSR count). The lowest BCUT2D eigenvalue weighted by Gasteiger charge is -2.11. The number of ketones is 1. The smallest absolute Gasteiger partial charge is 0.292 e. The van der Waals surface area contributed by atoms with E-state index in [0.717, 1.165) is 4.90 Å². The van der Waals surface area contributed by atoms with E-state index in [1.807, 2.05) is 0 Å². The molecule has 0 aliphatic carbocycles. The first-order valence-corrected chi connectivity index (χ1v) is 8.36. The van der Waals surface area contributed by atoms with Gasteiger partial charge in [-0.2, -0.15) is 0 Å². The number of Topliss-reactive ketones (excluding diaryl/α,β-unsaturated/α-hetero) is 1. The van der Waals surface area contributed by atoms with Gasteiger partial charge >= 0.3 is 0 Å². The fraction of sp³-hybridized carbons (Fsp3) is 0.0556. The maximum Gasteiger partial charge on any atom is 0.293 e. The van der Waals surface area contributed by atoms with Gasteiger partial charge in [0.25, 0.3) is 16.8 Å². The summed E-state index contributed by atoms with van der Waals surface area (Å²) in [6.07, 6.45) is 1.30. The molecular weight excluding hydrogens is 356 g/mol. The van der Waals surface area contributed by atoms with Crippen LogP contribution in [-0.4, -0.2) is 33.3 Å². The number of hydrogen-bond donors (Lipinski definition) is 0. The zero-order chi connectivity index (χ0) is 18.7. The minimum absolute atomic E-state index is 0.0464. The molecule has 0 atom stereocenters. The Bertz CT molecular complexity index is 940. The van der Waals surface area contributed by atoms with Gasteiger partial charge in [0, 0.05) is 11.6 Å². The van der Waals surface area contributed by atoms with Gasteiger partial charge in [0.1, 0.15) is 0 Å². The SMILES string of the molecule is O=C(CN1C(=O)S/C(=C\c2ccccc2[N+](=O)[O-])C1=O)c1ccccc1. The van der Waals surface area contributed by atoms with Gasteiger partial charge in [0.2, 0.25) is 0 Å². The van der Waals surface area contributed by atoms with Gasteiger partial charge in [0.05, 0.1) is 21.9 Å². The van der Waals surface area contributed by atoms with Crippen LogP contribution >= 0.6 is 11.8 Å². The number of imide groups is 1. The van der Waals surface area contributed by atoms with E-state index in [1.165, 1.54) is 24.3 Å². The molecule has 2 aromatic carbocycles. The Hall–Kier alpha value is -3.26. The molecule has 0 spiro atoms. The first-order valence-electron chi connectivity index (χ1n) is 7.54. The molecule has 1 aliphatic rings. The van der Waals surface area contributed by atoms with Crippen molar-refractivity contribution >= 4 is 40.5 Å². The minimum Gasteiger partial charge on any atom is -0.292 e. The van der Waals surface area contributed by atoms with Crippen molar-refractivity contribution in [2.75, 3.05) is 6.54 Å². The molecule has 0 radical (unpaired) electrons. The quantitative estimate of drug-likeness (QED) is 0.347. The van der Waals surface area contributed by atoms with E-state index < -0.39 is 16.1 Å². The van der Waals surface area contributed by atoms with Crippen molar-refractivity contribution in [3.8, 4) is 0 Å². The summed E-state index contributed by atoms with van der Waals surface area (Å²) >= 11 is 0.658. The number of para-hydroxylation sites is 1. The first kappa shape index (κ1) is 17.6. The number of nitro groups is 1. The summed E-state index contributed by atoms with van der Waals surface area (Å²) in [6.45, 7) is -0.372. The summed E-state index contributed by atoms with van der Waals surface area (Å²) in [5, 5.41) is 10.5. The Morgan fingerprint density at radius 2 is 1.73 bits per heavy atom. The Kier molecular flexibility index (Phi) is 4.94. The average Bonchev–Trinajstić information content (AvgIpc) is 2.90. The molecule has 0 N–H and O–H groups in total. The number of amides is 2. The molecule has 1 heterocycles. The van der Waals surface area contributed by atoms with Crippen molar-refractivity contribution in [2.45, 2.75) is 0 Å². The zero-order valence-corrected chi connectivity index (χ0v) is 14.1. The van der Waals surface area contributed by atoms with Gasteiger partial charge in [-0.15, -0.1) is 0 Å². The number of nitro benzene ring substituents is 1. The van der Waals surface area contributed by atoms with E-state index in [9.17, 15) is 24.5 Å². The highest BCUT2D eigenvalue weighted by atomic mass is 32.2. The maximum atomic E-state index is 12.5. The van der Waals surface area contributed by atoms with Gasteiger partial charge in [-0.05, 0) is 23.9 Å². The van der Waals surface area contributed by atoms with Crippen LogP contribution < -0.4 is 0 Å². The van der Waals surface area contributed by atoms with Crippen molar-refractivity contribution in [1.29, 1.82) is 0 Å². The van der Waals surface area contributed by atoms with Crippen LogP contribution in [0.25, 0.3) is 6.08 Å². The van der Waals surface area contributed by atoms with E-state index in [2.05, 4.69) is 0 Å². The van der Waals surface area contributed by atoms with Crippen LogP contribution in [0.15, 0.2) is 59.5 Å². The zero-order valence-electron chi connectivity index (χ0n) is 13.3. The summed E-state index contributed by atoms with van der Waals surface area (Å²) in [5.41, 5.74) is 0.450. The molecule has 0 saturated carbocycles. The van der Waals surface area contributed by atoms with Gasteiger partial charge in [-0.1, -0.05) is 42.5 Å². The normalized spacial score (nSPS) is 15.5. The van der Waals surface area contributed by atoms with Crippen molar-refractivity contribution in [1.82, 2.24) is 4.90 Å². The summed E-state index contributed by atoms with van der Waals surface area (Å²) in [5.74, 6) is -0.998. The first-order chi connectivity index (χ1) is 12.5. The molecule has 7 nitrogen and oxygen atoms in total. The Morgan fingerprint density at radius 1 is 1.08 bits per heavy atom. The second-order valence-electron chi connectivity index (χ2n) is 5.37. The molecule has 2 amide bonds. The molecule has 26 heavy (non-hydrogen) atoms. The highest BCUT2D eigenvalue weighted by molar-refractivity contribution is 8.18. The van der Waals surface area contributed by atoms with Crippen molar-refractivity contribution in [2.24, 2.45) is 0 Å². The molecule has 2 aromatic rings. The highest BCUT2D eigenvalue weighted by Crippen LogP contribution is 2.33. The van der Waals surface area contributed by atoms with Crippen molar-refractivity contribution in [3.63, 3.8) is 0 Å². The summed E-state index contributed by atoms with van der Waals surface area (Å²) in [6, 6.07) is 14.3. The van der Waals surface area contributed by atoms with Crippen LogP contribution in [0.3, 0.4) is 0 Å². The molecule has 130 valence electrons. The van der Waals surface area contributed by atoms with E-state index in [1.54, 1.807) is 36.4 Å². The third-order valence-electron chi connectivity index (χ3n) is 3.69. The lowest BCUT2D eigenvalue weighted by molar-refractivity contribution is -0.385. The molecule has 0 unspecified atom stereocenters. The topological polar surface area (TPSA) is 97.6 Å². The molecule has 8 heteroatoms. The number of carbonyl (C=O) groups is 3.